The molecule has 0 bridgehead atoms. The highest BCUT2D eigenvalue weighted by Crippen LogP contribution is 2.29. The predicted octanol–water partition coefficient (Wildman–Crippen LogP) is 4.42. The molecule has 2 aromatic carbocycles. The van der Waals surface area contributed by atoms with Gasteiger partial charge in [-0.15, -0.1) is 0 Å². The molecule has 0 aliphatic carbocycles. The van der Waals surface area contributed by atoms with Gasteiger partial charge in [-0.25, -0.2) is 0 Å². The Kier molecular flexibility index (Phi) is 4.69. The Morgan fingerprint density at radius 1 is 1.10 bits per heavy atom. The lowest BCUT2D eigenvalue weighted by molar-refractivity contribution is 0.179. The van der Waals surface area contributed by atoms with E-state index in [1.807, 2.05) is 44.2 Å². The maximum atomic E-state index is 6.12. The summed E-state index contributed by atoms with van der Waals surface area (Å²) in [4.78, 5) is 0. The van der Waals surface area contributed by atoms with Crippen LogP contribution in [0.3, 0.4) is 0 Å². The van der Waals surface area contributed by atoms with Crippen molar-refractivity contribution in [2.45, 2.75) is 32.9 Å². The lowest BCUT2D eigenvalue weighted by atomic mass is 10.0. The molecule has 2 aromatic rings. The zero-order valence-electron chi connectivity index (χ0n) is 12.1. The molecule has 0 spiro atoms. The lowest BCUT2D eigenvalue weighted by Gasteiger charge is -2.24. The summed E-state index contributed by atoms with van der Waals surface area (Å²) in [5.74, 6) is 0.779. The Hall–Kier alpha value is -1.51. The Bertz CT molecular complexity index is 595. The SMILES string of the molecule is Cc1cccc(C(Oc2cc(Cl)ccc2C)C(C)N)c1. The summed E-state index contributed by atoms with van der Waals surface area (Å²) in [5.41, 5.74) is 9.42. The third-order valence-corrected chi connectivity index (χ3v) is 3.49. The van der Waals surface area contributed by atoms with E-state index in [0.29, 0.717) is 5.02 Å². The topological polar surface area (TPSA) is 35.2 Å². The molecule has 2 rings (SSSR count). The minimum Gasteiger partial charge on any atom is -0.484 e. The molecule has 3 heteroatoms. The first-order chi connectivity index (χ1) is 9.47. The molecule has 0 saturated heterocycles. The summed E-state index contributed by atoms with van der Waals surface area (Å²) >= 11 is 6.04. The second-order valence-electron chi connectivity index (χ2n) is 5.22. The van der Waals surface area contributed by atoms with Crippen LogP contribution in [-0.4, -0.2) is 6.04 Å². The van der Waals surface area contributed by atoms with E-state index >= 15 is 0 Å². The van der Waals surface area contributed by atoms with Crippen LogP contribution in [0.2, 0.25) is 5.02 Å². The molecular weight excluding hydrogens is 270 g/mol. The largest absolute Gasteiger partial charge is 0.484 e. The number of hydrogen-bond acceptors (Lipinski definition) is 2. The molecule has 106 valence electrons. The zero-order valence-corrected chi connectivity index (χ0v) is 12.8. The van der Waals surface area contributed by atoms with Gasteiger partial charge in [0.15, 0.2) is 0 Å². The fourth-order valence-corrected chi connectivity index (χ4v) is 2.33. The van der Waals surface area contributed by atoms with Gasteiger partial charge in [0.2, 0.25) is 0 Å². The normalized spacial score (nSPS) is 13.8. The van der Waals surface area contributed by atoms with Gasteiger partial charge in [0.1, 0.15) is 11.9 Å². The highest BCUT2D eigenvalue weighted by molar-refractivity contribution is 6.30. The fraction of sp³-hybridized carbons (Fsp3) is 0.294. The van der Waals surface area contributed by atoms with Crippen LogP contribution in [0.1, 0.15) is 29.7 Å². The summed E-state index contributed by atoms with van der Waals surface area (Å²) < 4.78 is 6.12. The summed E-state index contributed by atoms with van der Waals surface area (Å²) in [7, 11) is 0. The van der Waals surface area contributed by atoms with Crippen molar-refractivity contribution in [1.82, 2.24) is 0 Å². The summed E-state index contributed by atoms with van der Waals surface area (Å²) in [6.07, 6.45) is -0.188. The first-order valence-corrected chi connectivity index (χ1v) is 7.10. The molecule has 2 unspecified atom stereocenters. The number of hydrogen-bond donors (Lipinski definition) is 1. The van der Waals surface area contributed by atoms with Crippen molar-refractivity contribution in [2.24, 2.45) is 5.73 Å². The molecule has 2 atom stereocenters. The van der Waals surface area contributed by atoms with E-state index in [0.717, 1.165) is 16.9 Å². The van der Waals surface area contributed by atoms with Gasteiger partial charge in [0, 0.05) is 11.1 Å². The number of aryl methyl sites for hydroxylation is 2. The zero-order chi connectivity index (χ0) is 14.7. The first kappa shape index (κ1) is 14.9. The standard InChI is InChI=1S/C17H20ClNO/c1-11-5-4-6-14(9-11)17(13(3)19)20-16-10-15(18)8-7-12(16)2/h4-10,13,17H,19H2,1-3H3. The van der Waals surface area contributed by atoms with Gasteiger partial charge in [-0.05, 0) is 44.0 Å². The van der Waals surface area contributed by atoms with Gasteiger partial charge in [-0.3, -0.25) is 0 Å². The second-order valence-corrected chi connectivity index (χ2v) is 5.66. The number of benzene rings is 2. The molecule has 0 fully saturated rings. The minimum atomic E-state index is -0.188. The van der Waals surface area contributed by atoms with Crippen LogP contribution in [0, 0.1) is 13.8 Å². The van der Waals surface area contributed by atoms with Crippen LogP contribution in [0.5, 0.6) is 5.75 Å². The molecule has 0 saturated carbocycles. The van der Waals surface area contributed by atoms with Crippen LogP contribution < -0.4 is 10.5 Å². The quantitative estimate of drug-likeness (QED) is 0.904. The van der Waals surface area contributed by atoms with Gasteiger partial charge in [0.25, 0.3) is 0 Å². The van der Waals surface area contributed by atoms with Crippen molar-refractivity contribution >= 4 is 11.6 Å². The van der Waals surface area contributed by atoms with Crippen molar-refractivity contribution in [3.8, 4) is 5.75 Å². The molecule has 0 aliphatic heterocycles. The van der Waals surface area contributed by atoms with E-state index < -0.39 is 0 Å². The summed E-state index contributed by atoms with van der Waals surface area (Å²) in [5, 5.41) is 0.665. The third-order valence-electron chi connectivity index (χ3n) is 3.25. The van der Waals surface area contributed by atoms with E-state index in [2.05, 4.69) is 19.1 Å². The van der Waals surface area contributed by atoms with E-state index in [1.165, 1.54) is 5.56 Å². The smallest absolute Gasteiger partial charge is 0.138 e. The monoisotopic (exact) mass is 289 g/mol. The molecule has 0 amide bonds. The van der Waals surface area contributed by atoms with Crippen LogP contribution in [0.25, 0.3) is 0 Å². The maximum Gasteiger partial charge on any atom is 0.138 e. The van der Waals surface area contributed by atoms with Crippen molar-refractivity contribution in [1.29, 1.82) is 0 Å². The molecule has 0 aromatic heterocycles. The van der Waals surface area contributed by atoms with Crippen LogP contribution in [-0.2, 0) is 0 Å². The van der Waals surface area contributed by atoms with E-state index in [-0.39, 0.29) is 12.1 Å². The molecule has 0 aliphatic rings. The summed E-state index contributed by atoms with van der Waals surface area (Å²) in [6, 6.07) is 13.8. The van der Waals surface area contributed by atoms with Gasteiger partial charge in [0.05, 0.1) is 0 Å². The average molecular weight is 290 g/mol. The highest BCUT2D eigenvalue weighted by Gasteiger charge is 2.19. The Morgan fingerprint density at radius 2 is 1.85 bits per heavy atom. The lowest BCUT2D eigenvalue weighted by Crippen LogP contribution is -2.29. The van der Waals surface area contributed by atoms with Gasteiger partial charge in [-0.1, -0.05) is 47.5 Å². The van der Waals surface area contributed by atoms with Crippen LogP contribution in [0.15, 0.2) is 42.5 Å². The van der Waals surface area contributed by atoms with E-state index in [1.54, 1.807) is 0 Å². The molecule has 2 nitrogen and oxygen atoms in total. The van der Waals surface area contributed by atoms with Gasteiger partial charge >= 0.3 is 0 Å². The number of halogens is 1. The molecule has 20 heavy (non-hydrogen) atoms. The summed E-state index contributed by atoms with van der Waals surface area (Å²) in [6.45, 7) is 6.01. The van der Waals surface area contributed by atoms with Crippen LogP contribution in [0.4, 0.5) is 0 Å². The van der Waals surface area contributed by atoms with Crippen molar-refractivity contribution < 1.29 is 4.74 Å². The number of nitrogens with two attached hydrogens (primary N) is 1. The first-order valence-electron chi connectivity index (χ1n) is 6.72. The minimum absolute atomic E-state index is 0.116. The van der Waals surface area contributed by atoms with E-state index in [9.17, 15) is 0 Å². The molecule has 2 N–H and O–H groups in total. The average Bonchev–Trinajstić information content (AvgIpc) is 2.39. The second kappa shape index (κ2) is 6.29. The van der Waals surface area contributed by atoms with Crippen molar-refractivity contribution in [2.75, 3.05) is 0 Å². The number of ether oxygens (including phenoxy) is 1. The van der Waals surface area contributed by atoms with Crippen molar-refractivity contribution in [3.63, 3.8) is 0 Å². The maximum absolute atomic E-state index is 6.12. The Morgan fingerprint density at radius 3 is 2.50 bits per heavy atom. The van der Waals surface area contributed by atoms with Crippen LogP contribution >= 0.6 is 11.6 Å². The van der Waals surface area contributed by atoms with Crippen molar-refractivity contribution in [3.05, 3.63) is 64.2 Å². The Balaban J connectivity index is 2.33. The Labute approximate surface area is 125 Å². The van der Waals surface area contributed by atoms with E-state index in [4.69, 9.17) is 22.1 Å². The molecule has 0 radical (unpaired) electrons. The highest BCUT2D eigenvalue weighted by atomic mass is 35.5. The fourth-order valence-electron chi connectivity index (χ4n) is 2.16. The molecule has 0 heterocycles. The third kappa shape index (κ3) is 3.53. The number of rotatable bonds is 4. The van der Waals surface area contributed by atoms with Gasteiger partial charge < -0.3 is 10.5 Å². The molecular formula is C17H20ClNO. The predicted molar refractivity (Wildman–Crippen MR) is 84.4 cm³/mol. The van der Waals surface area contributed by atoms with Gasteiger partial charge in [-0.2, -0.15) is 0 Å².